The van der Waals surface area contributed by atoms with Crippen LogP contribution in [0.15, 0.2) is 48.0 Å². The van der Waals surface area contributed by atoms with E-state index in [0.29, 0.717) is 18.8 Å². The third kappa shape index (κ3) is 4.42. The van der Waals surface area contributed by atoms with Crippen molar-refractivity contribution in [3.05, 3.63) is 64.2 Å². The first-order chi connectivity index (χ1) is 13.0. The van der Waals surface area contributed by atoms with E-state index in [1.807, 2.05) is 30.3 Å². The number of fused-ring (bicyclic) bond motifs is 1. The molecule has 3 aromatic rings. The number of benzene rings is 1. The minimum absolute atomic E-state index is 0.0342. The van der Waals surface area contributed by atoms with Gasteiger partial charge in [0, 0.05) is 18.0 Å². The van der Waals surface area contributed by atoms with E-state index in [1.54, 1.807) is 18.4 Å². The second-order valence-electron chi connectivity index (χ2n) is 6.85. The molecule has 0 saturated heterocycles. The van der Waals surface area contributed by atoms with Crippen LogP contribution in [-0.2, 0) is 13.0 Å². The summed E-state index contributed by atoms with van der Waals surface area (Å²) in [6.07, 6.45) is 2.88. The largest absolute Gasteiger partial charge is 0.496 e. The van der Waals surface area contributed by atoms with Crippen LogP contribution in [0, 0.1) is 6.92 Å². The molecule has 0 spiro atoms. The van der Waals surface area contributed by atoms with Crippen molar-refractivity contribution in [2.24, 2.45) is 0 Å². The van der Waals surface area contributed by atoms with Crippen molar-refractivity contribution in [1.82, 2.24) is 9.88 Å². The summed E-state index contributed by atoms with van der Waals surface area (Å²) in [5.41, 5.74) is 4.18. The van der Waals surface area contributed by atoms with Crippen LogP contribution in [0.2, 0.25) is 0 Å². The van der Waals surface area contributed by atoms with Crippen molar-refractivity contribution in [2.45, 2.75) is 33.7 Å². The highest BCUT2D eigenvalue weighted by atomic mass is 32.1. The van der Waals surface area contributed by atoms with Gasteiger partial charge in [0.1, 0.15) is 11.4 Å². The molecule has 1 N–H and O–H groups in total. The lowest BCUT2D eigenvalue weighted by Crippen LogP contribution is -2.28. The van der Waals surface area contributed by atoms with Gasteiger partial charge >= 0.3 is 0 Å². The van der Waals surface area contributed by atoms with Crippen molar-refractivity contribution in [3.8, 4) is 5.75 Å². The Labute approximate surface area is 164 Å². The molecule has 2 aromatic heterocycles. The summed E-state index contributed by atoms with van der Waals surface area (Å²) in [6.45, 7) is 7.53. The molecule has 27 heavy (non-hydrogen) atoms. The van der Waals surface area contributed by atoms with E-state index in [2.05, 4.69) is 42.8 Å². The van der Waals surface area contributed by atoms with Crippen LogP contribution < -0.4 is 10.1 Å². The maximum atomic E-state index is 12.8. The molecule has 1 aromatic carbocycles. The molecule has 5 heteroatoms. The molecule has 0 atom stereocenters. The number of rotatable bonds is 7. The minimum Gasteiger partial charge on any atom is -0.496 e. The molecule has 0 aliphatic rings. The van der Waals surface area contributed by atoms with Crippen LogP contribution in [-0.4, -0.2) is 24.1 Å². The molecule has 0 saturated carbocycles. The zero-order valence-electron chi connectivity index (χ0n) is 16.3. The van der Waals surface area contributed by atoms with Gasteiger partial charge in [-0.2, -0.15) is 0 Å². The Morgan fingerprint density at radius 3 is 2.78 bits per heavy atom. The number of hydrogen-bond acceptors (Lipinski definition) is 3. The second kappa shape index (κ2) is 8.44. The number of ether oxygens (including phenoxy) is 1. The molecule has 2 heterocycles. The van der Waals surface area contributed by atoms with Gasteiger partial charge in [-0.3, -0.25) is 4.79 Å². The molecule has 0 radical (unpaired) electrons. The summed E-state index contributed by atoms with van der Waals surface area (Å²) in [5.74, 6) is 0.822. The lowest BCUT2D eigenvalue weighted by atomic mass is 10.1. The summed E-state index contributed by atoms with van der Waals surface area (Å²) in [7, 11) is 1.67. The summed E-state index contributed by atoms with van der Waals surface area (Å²) < 4.78 is 8.64. The summed E-state index contributed by atoms with van der Waals surface area (Å²) in [4.78, 5) is 14.1. The monoisotopic (exact) mass is 382 g/mol. The fraction of sp³-hybridized carbons (Fsp3) is 0.318. The van der Waals surface area contributed by atoms with E-state index in [9.17, 15) is 4.79 Å². The quantitative estimate of drug-likeness (QED) is 0.587. The maximum Gasteiger partial charge on any atom is 0.267 e. The lowest BCUT2D eigenvalue weighted by molar-refractivity contribution is 0.0945. The normalized spacial score (nSPS) is 10.8. The van der Waals surface area contributed by atoms with Gasteiger partial charge in [-0.05, 0) is 51.0 Å². The number of aryl methyl sites for hydroxylation is 1. The first-order valence-electron chi connectivity index (χ1n) is 9.12. The number of nitrogens with zero attached hydrogens (tertiary/aromatic N) is 1. The van der Waals surface area contributed by atoms with Gasteiger partial charge in [-0.15, -0.1) is 11.3 Å². The summed E-state index contributed by atoms with van der Waals surface area (Å²) in [6, 6.07) is 12.1. The number of carbonyl (C=O) groups excluding carboxylic acids is 1. The van der Waals surface area contributed by atoms with Gasteiger partial charge in [0.05, 0.1) is 17.3 Å². The van der Waals surface area contributed by atoms with Crippen LogP contribution in [0.1, 0.15) is 34.8 Å². The third-order valence-electron chi connectivity index (χ3n) is 4.50. The van der Waals surface area contributed by atoms with Gasteiger partial charge in [-0.25, -0.2) is 0 Å². The average Bonchev–Trinajstić information content (AvgIpc) is 3.16. The van der Waals surface area contributed by atoms with E-state index < -0.39 is 0 Å². The van der Waals surface area contributed by atoms with Crippen LogP contribution in [0.5, 0.6) is 5.75 Å². The number of nitrogens with one attached hydrogen (secondary N) is 1. The lowest BCUT2D eigenvalue weighted by Gasteiger charge is -2.11. The molecule has 0 fully saturated rings. The van der Waals surface area contributed by atoms with Crippen molar-refractivity contribution in [3.63, 3.8) is 0 Å². The average molecular weight is 383 g/mol. The number of para-hydroxylation sites is 1. The predicted octanol–water partition coefficient (Wildman–Crippen LogP) is 4.96. The Morgan fingerprint density at radius 1 is 1.26 bits per heavy atom. The molecular formula is C22H26N2O2S. The van der Waals surface area contributed by atoms with Crippen LogP contribution in [0.25, 0.3) is 10.2 Å². The van der Waals surface area contributed by atoms with Crippen LogP contribution in [0.3, 0.4) is 0 Å². The Bertz CT molecular complexity index is 978. The van der Waals surface area contributed by atoms with E-state index in [0.717, 1.165) is 28.0 Å². The number of thiophene rings is 1. The number of amides is 1. The van der Waals surface area contributed by atoms with Crippen molar-refractivity contribution in [2.75, 3.05) is 13.7 Å². The zero-order valence-corrected chi connectivity index (χ0v) is 17.2. The predicted molar refractivity (Wildman–Crippen MR) is 113 cm³/mol. The van der Waals surface area contributed by atoms with E-state index in [-0.39, 0.29) is 5.91 Å². The fourth-order valence-electron chi connectivity index (χ4n) is 3.13. The number of carbonyl (C=O) groups is 1. The molecule has 0 bridgehead atoms. The van der Waals surface area contributed by atoms with Crippen LogP contribution >= 0.6 is 11.3 Å². The molecule has 1 amide bonds. The van der Waals surface area contributed by atoms with Gasteiger partial charge in [0.2, 0.25) is 0 Å². The van der Waals surface area contributed by atoms with Crippen LogP contribution in [0.4, 0.5) is 0 Å². The summed E-state index contributed by atoms with van der Waals surface area (Å²) >= 11 is 1.73. The maximum absolute atomic E-state index is 12.8. The molecule has 4 nitrogen and oxygen atoms in total. The smallest absolute Gasteiger partial charge is 0.267 e. The SMILES string of the molecule is COc1ccccc1CCNC(=O)c1cc2sc(C)cc2n1CC=C(C)C. The van der Waals surface area contributed by atoms with Gasteiger partial charge in [0.15, 0.2) is 0 Å². The highest BCUT2D eigenvalue weighted by Gasteiger charge is 2.16. The standard InChI is InChI=1S/C22H26N2O2S/c1-15(2)10-12-24-18-13-16(3)27-21(18)14-19(24)22(25)23-11-9-17-7-5-6-8-20(17)26-4/h5-8,10,13-14H,9,11-12H2,1-4H3,(H,23,25). The van der Waals surface area contributed by atoms with Crippen molar-refractivity contribution < 1.29 is 9.53 Å². The molecular weight excluding hydrogens is 356 g/mol. The van der Waals surface area contributed by atoms with Gasteiger partial charge < -0.3 is 14.6 Å². The van der Waals surface area contributed by atoms with E-state index in [4.69, 9.17) is 4.74 Å². The highest BCUT2D eigenvalue weighted by Crippen LogP contribution is 2.29. The zero-order chi connectivity index (χ0) is 19.4. The third-order valence-corrected chi connectivity index (χ3v) is 5.49. The second-order valence-corrected chi connectivity index (χ2v) is 8.13. The molecule has 3 rings (SSSR count). The molecule has 142 valence electrons. The topological polar surface area (TPSA) is 43.3 Å². The molecule has 0 unspecified atom stereocenters. The number of methoxy groups -OCH3 is 1. The Morgan fingerprint density at radius 2 is 2.04 bits per heavy atom. The molecule has 0 aliphatic carbocycles. The number of allylic oxidation sites excluding steroid dienone is 2. The van der Waals surface area contributed by atoms with Gasteiger partial charge in [-0.1, -0.05) is 29.8 Å². The highest BCUT2D eigenvalue weighted by molar-refractivity contribution is 7.19. The van der Waals surface area contributed by atoms with Gasteiger partial charge in [0.25, 0.3) is 5.91 Å². The van der Waals surface area contributed by atoms with E-state index >= 15 is 0 Å². The first-order valence-corrected chi connectivity index (χ1v) is 9.94. The number of hydrogen-bond donors (Lipinski definition) is 1. The minimum atomic E-state index is -0.0342. The number of aromatic nitrogens is 1. The summed E-state index contributed by atoms with van der Waals surface area (Å²) in [5, 5.41) is 3.06. The first kappa shape index (κ1) is 19.2. The Balaban J connectivity index is 1.75. The Kier molecular flexibility index (Phi) is 6.01. The van der Waals surface area contributed by atoms with E-state index in [1.165, 1.54) is 10.5 Å². The van der Waals surface area contributed by atoms with Crippen molar-refractivity contribution in [1.29, 1.82) is 0 Å². The fourth-order valence-corrected chi connectivity index (χ4v) is 4.10. The van der Waals surface area contributed by atoms with Crippen molar-refractivity contribution >= 4 is 27.5 Å². The molecule has 0 aliphatic heterocycles. The Hall–Kier alpha value is -2.53.